The second kappa shape index (κ2) is 4.80. The molecule has 0 saturated heterocycles. The van der Waals surface area contributed by atoms with Crippen molar-refractivity contribution >= 4 is 0 Å². The average molecular weight is 203 g/mol. The van der Waals surface area contributed by atoms with Gasteiger partial charge in [-0.25, -0.2) is 0 Å². The average Bonchev–Trinajstić information content (AvgIpc) is 2.16. The van der Waals surface area contributed by atoms with Crippen LogP contribution in [0.5, 0.6) is 0 Å². The second-order valence-electron chi connectivity index (χ2n) is 4.57. The fourth-order valence-corrected chi connectivity index (χ4v) is 2.22. The van der Waals surface area contributed by atoms with Gasteiger partial charge >= 0.3 is 0 Å². The molecule has 1 unspecified atom stereocenters. The lowest BCUT2D eigenvalue weighted by atomic mass is 9.80. The van der Waals surface area contributed by atoms with E-state index in [1.165, 1.54) is 30.4 Å². The summed E-state index contributed by atoms with van der Waals surface area (Å²) in [5.74, 6) is 0.855. The van der Waals surface area contributed by atoms with Crippen molar-refractivity contribution in [2.75, 3.05) is 6.54 Å². The maximum absolute atomic E-state index is 3.44. The van der Waals surface area contributed by atoms with Crippen molar-refractivity contribution < 1.29 is 0 Å². The molecule has 1 fully saturated rings. The summed E-state index contributed by atoms with van der Waals surface area (Å²) in [6.07, 6.45) is 4.20. The summed E-state index contributed by atoms with van der Waals surface area (Å²) < 4.78 is 0. The van der Waals surface area contributed by atoms with Gasteiger partial charge in [0.15, 0.2) is 0 Å². The molecule has 1 atom stereocenters. The Morgan fingerprint density at radius 3 is 2.40 bits per heavy atom. The van der Waals surface area contributed by atoms with E-state index >= 15 is 0 Å². The molecule has 0 bridgehead atoms. The fourth-order valence-electron chi connectivity index (χ4n) is 2.22. The Morgan fingerprint density at radius 2 is 1.93 bits per heavy atom. The molecule has 1 aromatic carbocycles. The molecular formula is C14H21N. The largest absolute Gasteiger partial charge is 0.310 e. The van der Waals surface area contributed by atoms with Gasteiger partial charge in [-0.3, -0.25) is 0 Å². The number of hydrogen-bond acceptors (Lipinski definition) is 1. The third-order valence-electron chi connectivity index (χ3n) is 3.52. The van der Waals surface area contributed by atoms with E-state index in [9.17, 15) is 0 Å². The molecular weight excluding hydrogens is 182 g/mol. The Morgan fingerprint density at radius 1 is 1.27 bits per heavy atom. The lowest BCUT2D eigenvalue weighted by molar-refractivity contribution is 0.419. The van der Waals surface area contributed by atoms with Crippen molar-refractivity contribution in [3.05, 3.63) is 35.4 Å². The molecule has 0 heterocycles. The van der Waals surface area contributed by atoms with E-state index in [4.69, 9.17) is 0 Å². The maximum Gasteiger partial charge on any atom is 0.0291 e. The Balaban J connectivity index is 2.02. The van der Waals surface area contributed by atoms with Crippen molar-refractivity contribution in [2.24, 2.45) is 0 Å². The molecule has 0 radical (unpaired) electrons. The molecule has 0 spiro atoms. The summed E-state index contributed by atoms with van der Waals surface area (Å²) in [6, 6.07) is 9.66. The van der Waals surface area contributed by atoms with Gasteiger partial charge in [0.25, 0.3) is 0 Å². The van der Waals surface area contributed by atoms with E-state index in [1.807, 2.05) is 0 Å². The van der Waals surface area contributed by atoms with Crippen molar-refractivity contribution in [1.29, 1.82) is 0 Å². The molecule has 1 saturated carbocycles. The molecule has 1 aliphatic carbocycles. The normalized spacial score (nSPS) is 18.5. The highest BCUT2D eigenvalue weighted by molar-refractivity contribution is 5.28. The number of hydrogen-bond donors (Lipinski definition) is 1. The Hall–Kier alpha value is -0.820. The van der Waals surface area contributed by atoms with E-state index in [1.54, 1.807) is 0 Å². The van der Waals surface area contributed by atoms with Crippen LogP contribution in [0.2, 0.25) is 0 Å². The van der Waals surface area contributed by atoms with Crippen LogP contribution in [0.4, 0.5) is 0 Å². The monoisotopic (exact) mass is 203 g/mol. The minimum atomic E-state index is 0.477. The Kier molecular flexibility index (Phi) is 3.42. The zero-order chi connectivity index (χ0) is 10.7. The van der Waals surface area contributed by atoms with Gasteiger partial charge in [0, 0.05) is 6.04 Å². The molecule has 1 aromatic rings. The molecule has 0 amide bonds. The third-order valence-corrected chi connectivity index (χ3v) is 3.52. The van der Waals surface area contributed by atoms with Gasteiger partial charge in [-0.15, -0.1) is 0 Å². The Bertz CT molecular complexity index is 298. The van der Waals surface area contributed by atoms with E-state index in [-0.39, 0.29) is 0 Å². The summed E-state index contributed by atoms with van der Waals surface area (Å²) in [5, 5.41) is 3.44. The summed E-state index contributed by atoms with van der Waals surface area (Å²) in [4.78, 5) is 0. The van der Waals surface area contributed by atoms with Gasteiger partial charge in [0.2, 0.25) is 0 Å². The van der Waals surface area contributed by atoms with Gasteiger partial charge in [-0.1, -0.05) is 37.6 Å². The highest BCUT2D eigenvalue weighted by Crippen LogP contribution is 2.36. The standard InChI is InChI=1S/C14H21N/c1-3-15-11(2)12-7-9-14(10-8-12)13-5-4-6-13/h7-11,13,15H,3-6H2,1-2H3. The highest BCUT2D eigenvalue weighted by Gasteiger charge is 2.19. The lowest BCUT2D eigenvalue weighted by Gasteiger charge is -2.26. The molecule has 1 N–H and O–H groups in total. The quantitative estimate of drug-likeness (QED) is 0.788. The molecule has 1 heteroatoms. The molecule has 15 heavy (non-hydrogen) atoms. The zero-order valence-electron chi connectivity index (χ0n) is 9.79. The summed E-state index contributed by atoms with van der Waals surface area (Å²) in [6.45, 7) is 5.41. The fraction of sp³-hybridized carbons (Fsp3) is 0.571. The van der Waals surface area contributed by atoms with Crippen LogP contribution in [-0.2, 0) is 0 Å². The van der Waals surface area contributed by atoms with E-state index in [0.29, 0.717) is 6.04 Å². The van der Waals surface area contributed by atoms with Crippen LogP contribution in [0.1, 0.15) is 56.2 Å². The number of rotatable bonds is 4. The number of nitrogens with one attached hydrogen (secondary N) is 1. The van der Waals surface area contributed by atoms with E-state index in [0.717, 1.165) is 12.5 Å². The molecule has 1 aliphatic rings. The first kappa shape index (κ1) is 10.7. The van der Waals surface area contributed by atoms with E-state index in [2.05, 4.69) is 43.4 Å². The predicted octanol–water partition coefficient (Wildman–Crippen LogP) is 3.62. The van der Waals surface area contributed by atoms with Gasteiger partial charge in [0.1, 0.15) is 0 Å². The second-order valence-corrected chi connectivity index (χ2v) is 4.57. The lowest BCUT2D eigenvalue weighted by Crippen LogP contribution is -2.17. The SMILES string of the molecule is CCNC(C)c1ccc(C2CCC2)cc1. The van der Waals surface area contributed by atoms with Crippen LogP contribution in [-0.4, -0.2) is 6.54 Å². The molecule has 0 aromatic heterocycles. The summed E-state index contributed by atoms with van der Waals surface area (Å²) in [7, 11) is 0. The summed E-state index contributed by atoms with van der Waals surface area (Å²) in [5.41, 5.74) is 2.94. The van der Waals surface area contributed by atoms with Crippen LogP contribution in [0.25, 0.3) is 0 Å². The molecule has 2 rings (SSSR count). The first-order valence-electron chi connectivity index (χ1n) is 6.14. The van der Waals surface area contributed by atoms with Crippen LogP contribution < -0.4 is 5.32 Å². The van der Waals surface area contributed by atoms with Crippen LogP contribution in [0.15, 0.2) is 24.3 Å². The molecule has 0 aliphatic heterocycles. The van der Waals surface area contributed by atoms with Gasteiger partial charge in [-0.05, 0) is 43.4 Å². The van der Waals surface area contributed by atoms with Crippen molar-refractivity contribution in [3.8, 4) is 0 Å². The minimum absolute atomic E-state index is 0.477. The van der Waals surface area contributed by atoms with Crippen molar-refractivity contribution in [1.82, 2.24) is 5.32 Å². The maximum atomic E-state index is 3.44. The van der Waals surface area contributed by atoms with Crippen LogP contribution in [0.3, 0.4) is 0 Å². The van der Waals surface area contributed by atoms with Crippen LogP contribution in [0, 0.1) is 0 Å². The van der Waals surface area contributed by atoms with Gasteiger partial charge in [0.05, 0.1) is 0 Å². The first-order chi connectivity index (χ1) is 7.31. The molecule has 1 nitrogen and oxygen atoms in total. The first-order valence-corrected chi connectivity index (χ1v) is 6.14. The zero-order valence-corrected chi connectivity index (χ0v) is 9.79. The highest BCUT2D eigenvalue weighted by atomic mass is 14.9. The van der Waals surface area contributed by atoms with Crippen molar-refractivity contribution in [2.45, 2.75) is 45.1 Å². The van der Waals surface area contributed by atoms with Crippen LogP contribution >= 0.6 is 0 Å². The summed E-state index contributed by atoms with van der Waals surface area (Å²) >= 11 is 0. The number of benzene rings is 1. The third kappa shape index (κ3) is 2.40. The topological polar surface area (TPSA) is 12.0 Å². The minimum Gasteiger partial charge on any atom is -0.310 e. The van der Waals surface area contributed by atoms with E-state index < -0.39 is 0 Å². The smallest absolute Gasteiger partial charge is 0.0291 e. The predicted molar refractivity (Wildman–Crippen MR) is 65.1 cm³/mol. The molecule has 82 valence electrons. The Labute approximate surface area is 92.9 Å². The van der Waals surface area contributed by atoms with Crippen molar-refractivity contribution in [3.63, 3.8) is 0 Å². The van der Waals surface area contributed by atoms with Gasteiger partial charge < -0.3 is 5.32 Å². The van der Waals surface area contributed by atoms with Gasteiger partial charge in [-0.2, -0.15) is 0 Å².